The number of nitrogens with zero attached hydrogens (tertiary/aromatic N) is 2. The minimum Gasteiger partial charge on any atom is -0.356 e. The van der Waals surface area contributed by atoms with Crippen molar-refractivity contribution >= 4 is 29.9 Å². The van der Waals surface area contributed by atoms with Crippen molar-refractivity contribution in [1.82, 2.24) is 15.6 Å². The molecule has 2 N–H and O–H groups in total. The van der Waals surface area contributed by atoms with Crippen molar-refractivity contribution in [2.45, 2.75) is 12.8 Å². The van der Waals surface area contributed by atoms with Crippen molar-refractivity contribution < 1.29 is 0 Å². The zero-order chi connectivity index (χ0) is 14.8. The van der Waals surface area contributed by atoms with Crippen molar-refractivity contribution in [3.63, 3.8) is 0 Å². The Morgan fingerprint density at radius 2 is 1.64 bits per heavy atom. The molecule has 0 unspecified atom stereocenters. The Morgan fingerprint density at radius 3 is 2.27 bits per heavy atom. The van der Waals surface area contributed by atoms with E-state index >= 15 is 0 Å². The van der Waals surface area contributed by atoms with Gasteiger partial charge in [0.2, 0.25) is 0 Å². The summed E-state index contributed by atoms with van der Waals surface area (Å²) in [6, 6.07) is 16.4. The molecule has 1 aromatic heterocycles. The van der Waals surface area contributed by atoms with Gasteiger partial charge in [-0.05, 0) is 24.1 Å². The van der Waals surface area contributed by atoms with Crippen LogP contribution in [0.15, 0.2) is 59.7 Å². The van der Waals surface area contributed by atoms with Gasteiger partial charge in [-0.25, -0.2) is 0 Å². The Hall–Kier alpha value is -1.63. The van der Waals surface area contributed by atoms with Gasteiger partial charge in [0.1, 0.15) is 0 Å². The van der Waals surface area contributed by atoms with Gasteiger partial charge in [-0.1, -0.05) is 36.4 Å². The standard InChI is InChI=1S/C17H22N4.HI/c1-18-17(20-13-10-15-7-3-2-4-8-15)21-14-11-16-9-5-6-12-19-16;/h2-9,12H,10-11,13-14H2,1H3,(H2,18,20,21);1H. The number of hydrogen-bond acceptors (Lipinski definition) is 2. The SMILES string of the molecule is CN=C(NCCc1ccccc1)NCCc1ccccn1.I. The van der Waals surface area contributed by atoms with Gasteiger partial charge in [0, 0.05) is 38.4 Å². The smallest absolute Gasteiger partial charge is 0.190 e. The van der Waals surface area contributed by atoms with E-state index in [-0.39, 0.29) is 24.0 Å². The summed E-state index contributed by atoms with van der Waals surface area (Å²) < 4.78 is 0. The zero-order valence-electron chi connectivity index (χ0n) is 12.8. The van der Waals surface area contributed by atoms with Crippen LogP contribution in [0.4, 0.5) is 0 Å². The number of nitrogens with one attached hydrogen (secondary N) is 2. The molecule has 0 radical (unpaired) electrons. The van der Waals surface area contributed by atoms with E-state index in [9.17, 15) is 0 Å². The number of pyridine rings is 1. The number of guanidine groups is 1. The summed E-state index contributed by atoms with van der Waals surface area (Å²) in [7, 11) is 1.79. The first-order valence-electron chi connectivity index (χ1n) is 7.27. The highest BCUT2D eigenvalue weighted by molar-refractivity contribution is 14.0. The molecule has 0 fully saturated rings. The van der Waals surface area contributed by atoms with Crippen LogP contribution in [0.5, 0.6) is 0 Å². The van der Waals surface area contributed by atoms with E-state index in [1.165, 1.54) is 5.56 Å². The highest BCUT2D eigenvalue weighted by atomic mass is 127. The van der Waals surface area contributed by atoms with Crippen LogP contribution >= 0.6 is 24.0 Å². The van der Waals surface area contributed by atoms with E-state index in [0.29, 0.717) is 0 Å². The lowest BCUT2D eigenvalue weighted by atomic mass is 10.1. The second kappa shape index (κ2) is 11.0. The van der Waals surface area contributed by atoms with Crippen LogP contribution in [0.1, 0.15) is 11.3 Å². The molecule has 1 aromatic carbocycles. The molecular formula is C17H23IN4. The monoisotopic (exact) mass is 410 g/mol. The number of benzene rings is 1. The Kier molecular flexibility index (Phi) is 9.21. The quantitative estimate of drug-likeness (QED) is 0.438. The minimum atomic E-state index is 0. The molecule has 2 rings (SSSR count). The average molecular weight is 410 g/mol. The number of hydrogen-bond donors (Lipinski definition) is 2. The van der Waals surface area contributed by atoms with Crippen molar-refractivity contribution in [3.8, 4) is 0 Å². The number of aliphatic imine (C=N–C) groups is 1. The lowest BCUT2D eigenvalue weighted by Gasteiger charge is -2.11. The number of halogens is 1. The maximum absolute atomic E-state index is 4.30. The summed E-state index contributed by atoms with van der Waals surface area (Å²) in [4.78, 5) is 8.53. The van der Waals surface area contributed by atoms with Crippen LogP contribution in [-0.4, -0.2) is 31.1 Å². The largest absolute Gasteiger partial charge is 0.356 e. The van der Waals surface area contributed by atoms with E-state index in [2.05, 4.69) is 44.9 Å². The maximum Gasteiger partial charge on any atom is 0.190 e. The van der Waals surface area contributed by atoms with Gasteiger partial charge >= 0.3 is 0 Å². The van der Waals surface area contributed by atoms with Crippen LogP contribution in [0.2, 0.25) is 0 Å². The highest BCUT2D eigenvalue weighted by Crippen LogP contribution is 1.98. The van der Waals surface area contributed by atoms with Crippen molar-refractivity contribution in [1.29, 1.82) is 0 Å². The van der Waals surface area contributed by atoms with Gasteiger partial charge in [-0.3, -0.25) is 9.98 Å². The van der Waals surface area contributed by atoms with Crippen molar-refractivity contribution in [3.05, 3.63) is 66.0 Å². The van der Waals surface area contributed by atoms with Gasteiger partial charge in [-0.2, -0.15) is 0 Å². The molecule has 118 valence electrons. The van der Waals surface area contributed by atoms with Crippen molar-refractivity contribution in [2.75, 3.05) is 20.1 Å². The summed E-state index contributed by atoms with van der Waals surface area (Å²) in [5.41, 5.74) is 2.42. The second-order valence-corrected chi connectivity index (χ2v) is 4.73. The number of aromatic nitrogens is 1. The third-order valence-corrected chi connectivity index (χ3v) is 3.17. The van der Waals surface area contributed by atoms with E-state index in [1.54, 1.807) is 7.05 Å². The lowest BCUT2D eigenvalue weighted by Crippen LogP contribution is -2.39. The third-order valence-electron chi connectivity index (χ3n) is 3.17. The molecular weight excluding hydrogens is 387 g/mol. The molecule has 0 aliphatic heterocycles. The first-order valence-corrected chi connectivity index (χ1v) is 7.27. The second-order valence-electron chi connectivity index (χ2n) is 4.73. The molecule has 0 aliphatic rings. The fourth-order valence-electron chi connectivity index (χ4n) is 2.05. The number of rotatable bonds is 6. The Labute approximate surface area is 149 Å². The zero-order valence-corrected chi connectivity index (χ0v) is 15.2. The Balaban J connectivity index is 0.00000242. The van der Waals surface area contributed by atoms with Gasteiger partial charge in [0.05, 0.1) is 0 Å². The molecule has 0 spiro atoms. The lowest BCUT2D eigenvalue weighted by molar-refractivity contribution is 0.776. The van der Waals surface area contributed by atoms with Crippen LogP contribution in [-0.2, 0) is 12.8 Å². The van der Waals surface area contributed by atoms with Crippen LogP contribution in [0, 0.1) is 0 Å². The van der Waals surface area contributed by atoms with E-state index in [0.717, 1.165) is 37.6 Å². The molecule has 4 nitrogen and oxygen atoms in total. The van der Waals surface area contributed by atoms with E-state index < -0.39 is 0 Å². The maximum atomic E-state index is 4.30. The van der Waals surface area contributed by atoms with E-state index in [4.69, 9.17) is 0 Å². The summed E-state index contributed by atoms with van der Waals surface area (Å²) in [5, 5.41) is 6.63. The molecule has 2 aromatic rings. The van der Waals surface area contributed by atoms with Gasteiger partial charge in [-0.15, -0.1) is 24.0 Å². The average Bonchev–Trinajstić information content (AvgIpc) is 2.55. The summed E-state index contributed by atoms with van der Waals surface area (Å²) >= 11 is 0. The van der Waals surface area contributed by atoms with E-state index in [1.807, 2.05) is 30.5 Å². The molecule has 0 saturated heterocycles. The molecule has 0 aliphatic carbocycles. The van der Waals surface area contributed by atoms with Gasteiger partial charge in [0.25, 0.3) is 0 Å². The Morgan fingerprint density at radius 1 is 0.955 bits per heavy atom. The van der Waals surface area contributed by atoms with Crippen LogP contribution in [0.25, 0.3) is 0 Å². The van der Waals surface area contributed by atoms with Gasteiger partial charge < -0.3 is 10.6 Å². The fourth-order valence-corrected chi connectivity index (χ4v) is 2.05. The van der Waals surface area contributed by atoms with Crippen LogP contribution < -0.4 is 10.6 Å². The van der Waals surface area contributed by atoms with Crippen LogP contribution in [0.3, 0.4) is 0 Å². The first kappa shape index (κ1) is 18.4. The molecule has 0 atom stereocenters. The summed E-state index contributed by atoms with van der Waals surface area (Å²) in [6.45, 7) is 1.69. The topological polar surface area (TPSA) is 49.3 Å². The predicted molar refractivity (Wildman–Crippen MR) is 103 cm³/mol. The predicted octanol–water partition coefficient (Wildman–Crippen LogP) is 2.65. The fraction of sp³-hybridized carbons (Fsp3) is 0.294. The normalized spacial score (nSPS) is 10.7. The molecule has 22 heavy (non-hydrogen) atoms. The summed E-state index contributed by atoms with van der Waals surface area (Å²) in [6.07, 6.45) is 3.70. The molecule has 1 heterocycles. The molecule has 0 bridgehead atoms. The molecule has 5 heteroatoms. The summed E-state index contributed by atoms with van der Waals surface area (Å²) in [5.74, 6) is 0.835. The van der Waals surface area contributed by atoms with Crippen molar-refractivity contribution in [2.24, 2.45) is 4.99 Å². The molecule has 0 amide bonds. The van der Waals surface area contributed by atoms with Gasteiger partial charge in [0.15, 0.2) is 5.96 Å². The minimum absolute atomic E-state index is 0. The molecule has 0 saturated carbocycles. The Bertz CT molecular complexity index is 496. The first-order chi connectivity index (χ1) is 10.4. The highest BCUT2D eigenvalue weighted by Gasteiger charge is 1.98. The third kappa shape index (κ3) is 6.89.